The number of fused-ring (bicyclic) bond motifs is 1. The van der Waals surface area contributed by atoms with Gasteiger partial charge in [0.15, 0.2) is 4.34 Å². The zero-order valence-electron chi connectivity index (χ0n) is 15.0. The van der Waals surface area contributed by atoms with Crippen molar-refractivity contribution in [3.63, 3.8) is 0 Å². The Bertz CT molecular complexity index is 772. The van der Waals surface area contributed by atoms with Gasteiger partial charge in [0.2, 0.25) is 11.0 Å². The van der Waals surface area contributed by atoms with Crippen molar-refractivity contribution in [2.24, 2.45) is 0 Å². The summed E-state index contributed by atoms with van der Waals surface area (Å²) in [6.45, 7) is 2.73. The summed E-state index contributed by atoms with van der Waals surface area (Å²) in [4.78, 5) is 14.8. The van der Waals surface area contributed by atoms with Gasteiger partial charge in [-0.1, -0.05) is 60.6 Å². The molecule has 7 heteroatoms. The lowest BCUT2D eigenvalue weighted by molar-refractivity contribution is -0.117. The molecule has 2 aliphatic rings. The highest BCUT2D eigenvalue weighted by Crippen LogP contribution is 2.34. The van der Waals surface area contributed by atoms with Crippen molar-refractivity contribution in [1.82, 2.24) is 10.2 Å². The highest BCUT2D eigenvalue weighted by molar-refractivity contribution is 8.02. The molecule has 1 aliphatic heterocycles. The van der Waals surface area contributed by atoms with Gasteiger partial charge in [0.05, 0.1) is 5.25 Å². The SMILES string of the molecule is CC(Sc1nnc(NC2CCCCC2)s1)C(=O)N1CCc2ccccc21. The third-order valence-electron chi connectivity index (χ3n) is 5.12. The van der Waals surface area contributed by atoms with Crippen LogP contribution in [0.15, 0.2) is 28.6 Å². The average Bonchev–Trinajstić information content (AvgIpc) is 3.29. The zero-order chi connectivity index (χ0) is 17.9. The molecule has 1 aromatic carbocycles. The molecule has 2 heterocycles. The fraction of sp³-hybridized carbons (Fsp3) is 0.526. The van der Waals surface area contributed by atoms with Crippen LogP contribution in [0.1, 0.15) is 44.6 Å². The Morgan fingerprint density at radius 3 is 2.92 bits per heavy atom. The van der Waals surface area contributed by atoms with E-state index in [1.807, 2.05) is 30.0 Å². The molecule has 26 heavy (non-hydrogen) atoms. The van der Waals surface area contributed by atoms with Gasteiger partial charge < -0.3 is 10.2 Å². The lowest BCUT2D eigenvalue weighted by Gasteiger charge is -2.21. The van der Waals surface area contributed by atoms with Crippen LogP contribution in [0, 0.1) is 0 Å². The van der Waals surface area contributed by atoms with E-state index in [9.17, 15) is 4.79 Å². The standard InChI is InChI=1S/C19H24N4OS2/c1-13(17(24)23-12-11-14-7-5-6-10-16(14)23)25-19-22-21-18(26-19)20-15-8-3-2-4-9-15/h5-7,10,13,15H,2-4,8-9,11-12H2,1H3,(H,20,21). The summed E-state index contributed by atoms with van der Waals surface area (Å²) in [7, 11) is 0. The van der Waals surface area contributed by atoms with E-state index in [4.69, 9.17) is 0 Å². The molecule has 1 unspecified atom stereocenters. The van der Waals surface area contributed by atoms with E-state index >= 15 is 0 Å². The normalized spacial score (nSPS) is 18.6. The number of amides is 1. The van der Waals surface area contributed by atoms with Crippen LogP contribution in [0.25, 0.3) is 0 Å². The van der Waals surface area contributed by atoms with Crippen molar-refractivity contribution in [2.45, 2.75) is 61.1 Å². The molecule has 1 aliphatic carbocycles. The molecule has 1 N–H and O–H groups in total. The van der Waals surface area contributed by atoms with Gasteiger partial charge in [0, 0.05) is 18.3 Å². The van der Waals surface area contributed by atoms with Crippen LogP contribution in [0.5, 0.6) is 0 Å². The van der Waals surface area contributed by atoms with Gasteiger partial charge in [-0.25, -0.2) is 0 Å². The number of thioether (sulfide) groups is 1. The highest BCUT2D eigenvalue weighted by atomic mass is 32.2. The molecule has 138 valence electrons. The van der Waals surface area contributed by atoms with Crippen LogP contribution in [0.3, 0.4) is 0 Å². The Labute approximate surface area is 162 Å². The van der Waals surface area contributed by atoms with Crippen molar-refractivity contribution in [1.29, 1.82) is 0 Å². The van der Waals surface area contributed by atoms with E-state index in [1.165, 1.54) is 49.4 Å². The summed E-state index contributed by atoms with van der Waals surface area (Å²) in [6, 6.07) is 8.70. The maximum absolute atomic E-state index is 12.9. The number of nitrogens with zero attached hydrogens (tertiary/aromatic N) is 3. The maximum atomic E-state index is 12.9. The van der Waals surface area contributed by atoms with E-state index in [0.717, 1.165) is 28.1 Å². The minimum Gasteiger partial charge on any atom is -0.357 e. The molecule has 0 bridgehead atoms. The van der Waals surface area contributed by atoms with Gasteiger partial charge in [-0.3, -0.25) is 4.79 Å². The Balaban J connectivity index is 1.36. The van der Waals surface area contributed by atoms with E-state index in [0.29, 0.717) is 6.04 Å². The minimum atomic E-state index is -0.170. The molecule has 1 saturated carbocycles. The van der Waals surface area contributed by atoms with Crippen molar-refractivity contribution >= 4 is 39.8 Å². The van der Waals surface area contributed by atoms with E-state index < -0.39 is 0 Å². The van der Waals surface area contributed by atoms with Crippen LogP contribution in [-0.4, -0.2) is 33.9 Å². The van der Waals surface area contributed by atoms with Crippen LogP contribution >= 0.6 is 23.1 Å². The lowest BCUT2D eigenvalue weighted by atomic mass is 9.96. The summed E-state index contributed by atoms with van der Waals surface area (Å²) in [5, 5.41) is 12.8. The number of rotatable bonds is 5. The van der Waals surface area contributed by atoms with Gasteiger partial charge >= 0.3 is 0 Å². The summed E-state index contributed by atoms with van der Waals surface area (Å²) >= 11 is 3.07. The molecule has 1 aromatic heterocycles. The van der Waals surface area contributed by atoms with Crippen molar-refractivity contribution < 1.29 is 4.79 Å². The van der Waals surface area contributed by atoms with Crippen LogP contribution in [0.2, 0.25) is 0 Å². The van der Waals surface area contributed by atoms with Gasteiger partial charge in [-0.2, -0.15) is 0 Å². The third kappa shape index (κ3) is 3.88. The van der Waals surface area contributed by atoms with E-state index in [-0.39, 0.29) is 11.2 Å². The molecule has 0 radical (unpaired) electrons. The van der Waals surface area contributed by atoms with Crippen LogP contribution in [0.4, 0.5) is 10.8 Å². The predicted octanol–water partition coefficient (Wildman–Crippen LogP) is 4.35. The Kier molecular flexibility index (Phi) is 5.45. The molecule has 0 saturated heterocycles. The number of carbonyl (C=O) groups is 1. The Hall–Kier alpha value is -1.60. The second-order valence-electron chi connectivity index (χ2n) is 6.98. The summed E-state index contributed by atoms with van der Waals surface area (Å²) < 4.78 is 0.858. The lowest BCUT2D eigenvalue weighted by Crippen LogP contribution is -2.35. The predicted molar refractivity (Wildman–Crippen MR) is 108 cm³/mol. The molecule has 5 nitrogen and oxygen atoms in total. The van der Waals surface area contributed by atoms with Crippen molar-refractivity contribution in [3.8, 4) is 0 Å². The molecule has 1 amide bonds. The number of nitrogens with one attached hydrogen (secondary N) is 1. The number of hydrogen-bond donors (Lipinski definition) is 1. The van der Waals surface area contributed by atoms with Crippen molar-refractivity contribution in [3.05, 3.63) is 29.8 Å². The number of carbonyl (C=O) groups excluding carboxylic acids is 1. The third-order valence-corrected chi connectivity index (χ3v) is 7.14. The zero-order valence-corrected chi connectivity index (χ0v) is 16.6. The van der Waals surface area contributed by atoms with E-state index in [2.05, 4.69) is 21.6 Å². The quantitative estimate of drug-likeness (QED) is 0.772. The van der Waals surface area contributed by atoms with Crippen LogP contribution < -0.4 is 10.2 Å². The first-order valence-electron chi connectivity index (χ1n) is 9.36. The first kappa shape index (κ1) is 17.8. The monoisotopic (exact) mass is 388 g/mol. The molecule has 0 spiro atoms. The number of hydrogen-bond acceptors (Lipinski definition) is 6. The molecule has 1 fully saturated rings. The van der Waals surface area contributed by atoms with Crippen LogP contribution in [-0.2, 0) is 11.2 Å². The molecule has 4 rings (SSSR count). The van der Waals surface area contributed by atoms with Gasteiger partial charge in [-0.15, -0.1) is 10.2 Å². The van der Waals surface area contributed by atoms with Crippen molar-refractivity contribution in [2.75, 3.05) is 16.8 Å². The number of para-hydroxylation sites is 1. The smallest absolute Gasteiger partial charge is 0.240 e. The molecular formula is C19H24N4OS2. The fourth-order valence-electron chi connectivity index (χ4n) is 3.73. The largest absolute Gasteiger partial charge is 0.357 e. The average molecular weight is 389 g/mol. The summed E-state index contributed by atoms with van der Waals surface area (Å²) in [6.07, 6.45) is 7.29. The first-order chi connectivity index (χ1) is 12.7. The van der Waals surface area contributed by atoms with Gasteiger partial charge in [0.25, 0.3) is 0 Å². The highest BCUT2D eigenvalue weighted by Gasteiger charge is 2.29. The van der Waals surface area contributed by atoms with Gasteiger partial charge in [-0.05, 0) is 37.8 Å². The molecular weight excluding hydrogens is 364 g/mol. The molecule has 1 atom stereocenters. The Morgan fingerprint density at radius 2 is 2.08 bits per heavy atom. The Morgan fingerprint density at radius 1 is 1.27 bits per heavy atom. The fourth-order valence-corrected chi connectivity index (χ4v) is 5.76. The molecule has 2 aromatic rings. The number of aromatic nitrogens is 2. The van der Waals surface area contributed by atoms with Gasteiger partial charge in [0.1, 0.15) is 0 Å². The topological polar surface area (TPSA) is 58.1 Å². The summed E-state index contributed by atoms with van der Waals surface area (Å²) in [5.41, 5.74) is 2.31. The second kappa shape index (κ2) is 7.96. The van der Waals surface area contributed by atoms with E-state index in [1.54, 1.807) is 11.3 Å². The first-order valence-corrected chi connectivity index (χ1v) is 11.1. The summed E-state index contributed by atoms with van der Waals surface area (Å²) in [5.74, 6) is 0.150. The minimum absolute atomic E-state index is 0.150. The second-order valence-corrected chi connectivity index (χ2v) is 9.55. The number of anilines is 2. The maximum Gasteiger partial charge on any atom is 0.240 e. The number of benzene rings is 1.